The lowest BCUT2D eigenvalue weighted by atomic mass is 9.90. The zero-order chi connectivity index (χ0) is 22.9. The summed E-state index contributed by atoms with van der Waals surface area (Å²) in [6, 6.07) is 13.2. The van der Waals surface area contributed by atoms with Crippen LogP contribution in [0.1, 0.15) is 41.6 Å². The first-order valence-electron chi connectivity index (χ1n) is 10.4. The summed E-state index contributed by atoms with van der Waals surface area (Å²) in [4.78, 5) is 40.2. The van der Waals surface area contributed by atoms with E-state index in [0.717, 1.165) is 19.1 Å². The summed E-state index contributed by atoms with van der Waals surface area (Å²) in [5.74, 6) is -1.63. The minimum absolute atomic E-state index is 0.159. The Hall–Kier alpha value is -3.20. The lowest BCUT2D eigenvalue weighted by Gasteiger charge is -2.44. The first-order valence-corrected chi connectivity index (χ1v) is 12.4. The standard InChI is InChI=1S/C23H24N2O6S/c1-32(29,30)15-16-7-6-8-17(13-16)21(27)31-14-20(26)25-19-10-3-2-9-18(19)24-22(28)23(25)11-4-5-12-23/h2-3,6-10,13H,4-5,11-12,14-15H2,1H3,(H,24,28). The summed E-state index contributed by atoms with van der Waals surface area (Å²) >= 11 is 0. The van der Waals surface area contributed by atoms with Crippen molar-refractivity contribution < 1.29 is 27.5 Å². The molecule has 2 aromatic carbocycles. The third-order valence-electron chi connectivity index (χ3n) is 5.84. The van der Waals surface area contributed by atoms with Crippen LogP contribution in [0.4, 0.5) is 11.4 Å². The zero-order valence-electron chi connectivity index (χ0n) is 17.7. The van der Waals surface area contributed by atoms with Gasteiger partial charge in [0, 0.05) is 6.26 Å². The number of carbonyl (C=O) groups excluding carboxylic acids is 3. The molecular formula is C23H24N2O6S. The van der Waals surface area contributed by atoms with Crippen LogP contribution in [0, 0.1) is 0 Å². The predicted molar refractivity (Wildman–Crippen MR) is 119 cm³/mol. The van der Waals surface area contributed by atoms with Crippen molar-refractivity contribution in [1.82, 2.24) is 0 Å². The van der Waals surface area contributed by atoms with E-state index in [1.165, 1.54) is 17.0 Å². The molecule has 1 fully saturated rings. The van der Waals surface area contributed by atoms with Gasteiger partial charge in [0.15, 0.2) is 16.4 Å². The van der Waals surface area contributed by atoms with Gasteiger partial charge in [0.05, 0.1) is 22.7 Å². The monoisotopic (exact) mass is 456 g/mol. The van der Waals surface area contributed by atoms with Crippen LogP contribution in [0.2, 0.25) is 0 Å². The molecule has 1 aliphatic carbocycles. The Morgan fingerprint density at radius 3 is 2.53 bits per heavy atom. The zero-order valence-corrected chi connectivity index (χ0v) is 18.5. The van der Waals surface area contributed by atoms with Crippen molar-refractivity contribution in [3.8, 4) is 0 Å². The number of fused-ring (bicyclic) bond motifs is 1. The number of hydrogen-bond acceptors (Lipinski definition) is 6. The van der Waals surface area contributed by atoms with Gasteiger partial charge in [-0.1, -0.05) is 37.1 Å². The lowest BCUT2D eigenvalue weighted by Crippen LogP contribution is -2.61. The van der Waals surface area contributed by atoms with Crippen molar-refractivity contribution in [2.24, 2.45) is 0 Å². The molecule has 1 N–H and O–H groups in total. The minimum Gasteiger partial charge on any atom is -0.452 e. The number of benzene rings is 2. The second kappa shape index (κ2) is 8.38. The molecule has 4 rings (SSSR count). The Morgan fingerprint density at radius 2 is 1.81 bits per heavy atom. The molecule has 0 saturated heterocycles. The van der Waals surface area contributed by atoms with Gasteiger partial charge in [-0.05, 0) is 42.7 Å². The molecular weight excluding hydrogens is 432 g/mol. The van der Waals surface area contributed by atoms with Crippen LogP contribution in [0.3, 0.4) is 0 Å². The van der Waals surface area contributed by atoms with Crippen LogP contribution in [0.15, 0.2) is 48.5 Å². The third kappa shape index (κ3) is 4.25. The fourth-order valence-electron chi connectivity index (χ4n) is 4.49. The molecule has 2 aromatic rings. The minimum atomic E-state index is -3.26. The van der Waals surface area contributed by atoms with Gasteiger partial charge in [-0.15, -0.1) is 0 Å². The highest BCUT2D eigenvalue weighted by molar-refractivity contribution is 7.89. The molecule has 1 spiro atoms. The average molecular weight is 457 g/mol. The van der Waals surface area contributed by atoms with Crippen molar-refractivity contribution in [3.63, 3.8) is 0 Å². The fourth-order valence-corrected chi connectivity index (χ4v) is 5.28. The van der Waals surface area contributed by atoms with Crippen LogP contribution < -0.4 is 10.2 Å². The van der Waals surface area contributed by atoms with Crippen molar-refractivity contribution in [3.05, 3.63) is 59.7 Å². The Balaban J connectivity index is 1.54. The number of hydrogen-bond donors (Lipinski definition) is 1. The Morgan fingerprint density at radius 1 is 1.09 bits per heavy atom. The molecule has 0 bridgehead atoms. The van der Waals surface area contributed by atoms with Crippen LogP contribution in [-0.4, -0.2) is 44.6 Å². The Kier molecular flexibility index (Phi) is 5.77. The summed E-state index contributed by atoms with van der Waals surface area (Å²) in [5, 5.41) is 2.90. The van der Waals surface area contributed by atoms with Gasteiger partial charge in [-0.25, -0.2) is 13.2 Å². The number of anilines is 2. The SMILES string of the molecule is CS(=O)(=O)Cc1cccc(C(=O)OCC(=O)N2c3ccccc3NC(=O)C23CCCC3)c1. The highest BCUT2D eigenvalue weighted by atomic mass is 32.2. The van der Waals surface area contributed by atoms with Crippen LogP contribution in [0.25, 0.3) is 0 Å². The number of sulfone groups is 1. The van der Waals surface area contributed by atoms with E-state index in [-0.39, 0.29) is 17.2 Å². The van der Waals surface area contributed by atoms with E-state index in [0.29, 0.717) is 29.8 Å². The van der Waals surface area contributed by atoms with Gasteiger partial charge < -0.3 is 10.1 Å². The topological polar surface area (TPSA) is 110 Å². The summed E-state index contributed by atoms with van der Waals surface area (Å²) in [5.41, 5.74) is 0.771. The van der Waals surface area contributed by atoms with Gasteiger partial charge in [0.1, 0.15) is 5.54 Å². The molecule has 1 aliphatic heterocycles. The molecule has 2 amide bonds. The first kappa shape index (κ1) is 22.0. The summed E-state index contributed by atoms with van der Waals surface area (Å²) in [7, 11) is -3.26. The lowest BCUT2D eigenvalue weighted by molar-refractivity contribution is -0.129. The Labute approximate surface area is 186 Å². The average Bonchev–Trinajstić information content (AvgIpc) is 3.22. The third-order valence-corrected chi connectivity index (χ3v) is 6.70. The van der Waals surface area contributed by atoms with Crippen LogP contribution >= 0.6 is 0 Å². The van der Waals surface area contributed by atoms with Gasteiger partial charge in [0.25, 0.3) is 11.8 Å². The second-order valence-corrected chi connectivity index (χ2v) is 10.4. The van der Waals surface area contributed by atoms with Crippen molar-refractivity contribution in [2.45, 2.75) is 37.0 Å². The Bertz CT molecular complexity index is 1180. The quantitative estimate of drug-likeness (QED) is 0.693. The number of nitrogens with zero attached hydrogens (tertiary/aromatic N) is 1. The largest absolute Gasteiger partial charge is 0.452 e. The molecule has 0 aromatic heterocycles. The maximum Gasteiger partial charge on any atom is 0.338 e. The van der Waals surface area contributed by atoms with Gasteiger partial charge in [0.2, 0.25) is 0 Å². The summed E-state index contributed by atoms with van der Waals surface area (Å²) < 4.78 is 28.3. The van der Waals surface area contributed by atoms with Crippen molar-refractivity contribution >= 4 is 39.0 Å². The molecule has 1 heterocycles. The van der Waals surface area contributed by atoms with Crippen LogP contribution in [-0.2, 0) is 29.9 Å². The number of esters is 1. The second-order valence-electron chi connectivity index (χ2n) is 8.29. The van der Waals surface area contributed by atoms with Crippen molar-refractivity contribution in [2.75, 3.05) is 23.1 Å². The highest BCUT2D eigenvalue weighted by Gasteiger charge is 2.52. The number of para-hydroxylation sites is 2. The number of ether oxygens (including phenoxy) is 1. The smallest absolute Gasteiger partial charge is 0.338 e. The first-order chi connectivity index (χ1) is 15.2. The van der Waals surface area contributed by atoms with E-state index in [1.54, 1.807) is 36.4 Å². The van der Waals surface area contributed by atoms with Gasteiger partial charge >= 0.3 is 5.97 Å². The van der Waals surface area contributed by atoms with Gasteiger partial charge in [-0.3, -0.25) is 14.5 Å². The molecule has 32 heavy (non-hydrogen) atoms. The number of nitrogens with one attached hydrogen (secondary N) is 1. The number of amides is 2. The number of carbonyl (C=O) groups is 3. The van der Waals surface area contributed by atoms with E-state index in [9.17, 15) is 22.8 Å². The van der Waals surface area contributed by atoms with E-state index < -0.39 is 33.9 Å². The van der Waals surface area contributed by atoms with E-state index in [2.05, 4.69) is 5.32 Å². The van der Waals surface area contributed by atoms with Crippen molar-refractivity contribution in [1.29, 1.82) is 0 Å². The molecule has 0 unspecified atom stereocenters. The molecule has 2 aliphatic rings. The molecule has 0 atom stereocenters. The maximum atomic E-state index is 13.2. The number of rotatable bonds is 5. The van der Waals surface area contributed by atoms with E-state index in [4.69, 9.17) is 4.74 Å². The maximum absolute atomic E-state index is 13.2. The molecule has 168 valence electrons. The summed E-state index contributed by atoms with van der Waals surface area (Å²) in [6.45, 7) is -0.529. The fraction of sp³-hybridized carbons (Fsp3) is 0.348. The van der Waals surface area contributed by atoms with Gasteiger partial charge in [-0.2, -0.15) is 0 Å². The molecule has 9 heteroatoms. The molecule has 8 nitrogen and oxygen atoms in total. The normalized spacial score (nSPS) is 17.0. The van der Waals surface area contributed by atoms with Crippen LogP contribution in [0.5, 0.6) is 0 Å². The van der Waals surface area contributed by atoms with E-state index >= 15 is 0 Å². The molecule has 0 radical (unpaired) electrons. The van der Waals surface area contributed by atoms with E-state index in [1.807, 2.05) is 0 Å². The highest BCUT2D eigenvalue weighted by Crippen LogP contribution is 2.45. The predicted octanol–water partition coefficient (Wildman–Crippen LogP) is 2.69. The molecule has 1 saturated carbocycles. The summed E-state index contributed by atoms with van der Waals surface area (Å²) in [6.07, 6.45) is 3.85.